The van der Waals surface area contributed by atoms with Crippen LogP contribution in [0.3, 0.4) is 0 Å². The Kier molecular flexibility index (Phi) is 7.16. The zero-order valence-corrected chi connectivity index (χ0v) is 19.3. The van der Waals surface area contributed by atoms with Crippen molar-refractivity contribution in [3.8, 4) is 0 Å². The first-order valence-electron chi connectivity index (χ1n) is 8.98. The zero-order chi connectivity index (χ0) is 23.5. The Morgan fingerprint density at radius 1 is 1.00 bits per heavy atom. The second-order valence-corrected chi connectivity index (χ2v) is 9.73. The molecule has 3 aromatic rings. The summed E-state index contributed by atoms with van der Waals surface area (Å²) in [5.41, 5.74) is -1.17. The van der Waals surface area contributed by atoms with Crippen molar-refractivity contribution in [3.63, 3.8) is 0 Å². The third kappa shape index (κ3) is 5.62. The van der Waals surface area contributed by atoms with Gasteiger partial charge in [0.25, 0.3) is 10.0 Å². The maximum absolute atomic E-state index is 13.4. The number of anilines is 2. The van der Waals surface area contributed by atoms with E-state index in [1.54, 1.807) is 30.3 Å². The Hall–Kier alpha value is -2.56. The maximum atomic E-state index is 13.4. The average molecular weight is 548 g/mol. The normalized spacial score (nSPS) is 11.8. The van der Waals surface area contributed by atoms with E-state index in [1.165, 1.54) is 24.3 Å². The van der Waals surface area contributed by atoms with Crippen LogP contribution < -0.4 is 9.62 Å². The molecular formula is C21H15BrClF3N2O3S. The summed E-state index contributed by atoms with van der Waals surface area (Å²) in [5.74, 6) is -0.740. The lowest BCUT2D eigenvalue weighted by atomic mass is 10.2. The van der Waals surface area contributed by atoms with Gasteiger partial charge in [-0.2, -0.15) is 13.2 Å². The fourth-order valence-electron chi connectivity index (χ4n) is 2.78. The van der Waals surface area contributed by atoms with Crippen molar-refractivity contribution in [1.29, 1.82) is 0 Å². The molecule has 1 N–H and O–H groups in total. The fourth-order valence-corrected chi connectivity index (χ4v) is 4.71. The molecule has 0 unspecified atom stereocenters. The molecule has 168 valence electrons. The van der Waals surface area contributed by atoms with E-state index in [-0.39, 0.29) is 10.6 Å². The SMILES string of the molecule is O=C(CN(c1ccc(Cl)c(C(F)(F)F)c1)S(=O)(=O)c1ccccc1)Nc1ccc(Br)cc1. The Balaban J connectivity index is 2.02. The topological polar surface area (TPSA) is 66.5 Å². The Bertz CT molecular complexity index is 1220. The van der Waals surface area contributed by atoms with E-state index < -0.39 is 39.2 Å². The molecule has 0 saturated carbocycles. The second kappa shape index (κ2) is 9.51. The summed E-state index contributed by atoms with van der Waals surface area (Å²) < 4.78 is 67.9. The lowest BCUT2D eigenvalue weighted by molar-refractivity contribution is -0.137. The van der Waals surface area contributed by atoms with Gasteiger partial charge in [0.05, 0.1) is 21.2 Å². The molecule has 0 atom stereocenters. The van der Waals surface area contributed by atoms with Crippen LogP contribution in [-0.4, -0.2) is 20.9 Å². The number of benzene rings is 3. The van der Waals surface area contributed by atoms with Crippen LogP contribution in [0.15, 0.2) is 82.2 Å². The predicted octanol–water partition coefficient (Wildman–Crippen LogP) is 5.96. The Morgan fingerprint density at radius 2 is 1.62 bits per heavy atom. The van der Waals surface area contributed by atoms with Crippen molar-refractivity contribution in [3.05, 3.63) is 87.9 Å². The third-order valence-corrected chi connectivity index (χ3v) is 6.94. The van der Waals surface area contributed by atoms with Crippen LogP contribution in [0.4, 0.5) is 24.5 Å². The molecule has 0 aromatic heterocycles. The van der Waals surface area contributed by atoms with Gasteiger partial charge in [0.2, 0.25) is 5.91 Å². The maximum Gasteiger partial charge on any atom is 0.417 e. The van der Waals surface area contributed by atoms with Crippen molar-refractivity contribution < 1.29 is 26.4 Å². The van der Waals surface area contributed by atoms with Gasteiger partial charge in [0, 0.05) is 10.2 Å². The van der Waals surface area contributed by atoms with Crippen molar-refractivity contribution in [2.24, 2.45) is 0 Å². The second-order valence-electron chi connectivity index (χ2n) is 6.54. The molecule has 0 fully saturated rings. The van der Waals surface area contributed by atoms with Crippen LogP contribution in [0.5, 0.6) is 0 Å². The summed E-state index contributed by atoms with van der Waals surface area (Å²) in [6, 6.07) is 16.3. The van der Waals surface area contributed by atoms with E-state index in [2.05, 4.69) is 21.2 Å². The minimum atomic E-state index is -4.81. The standard InChI is InChI=1S/C21H15BrClF3N2O3S/c22-14-6-8-15(9-7-14)27-20(29)13-28(32(30,31)17-4-2-1-3-5-17)16-10-11-19(23)18(12-16)21(24,25)26/h1-12H,13H2,(H,27,29). The monoisotopic (exact) mass is 546 g/mol. The molecule has 0 saturated heterocycles. The first-order chi connectivity index (χ1) is 15.0. The number of hydrogen-bond donors (Lipinski definition) is 1. The quantitative estimate of drug-likeness (QED) is 0.414. The molecule has 3 aromatic carbocycles. The van der Waals surface area contributed by atoms with Crippen LogP contribution in [-0.2, 0) is 21.0 Å². The molecule has 32 heavy (non-hydrogen) atoms. The number of halogens is 5. The molecule has 0 heterocycles. The molecule has 0 aliphatic carbocycles. The van der Waals surface area contributed by atoms with E-state index in [9.17, 15) is 26.4 Å². The van der Waals surface area contributed by atoms with E-state index in [4.69, 9.17) is 11.6 Å². The molecule has 1 amide bonds. The first kappa shape index (κ1) is 24.1. The number of nitrogens with zero attached hydrogens (tertiary/aromatic N) is 1. The lowest BCUT2D eigenvalue weighted by Gasteiger charge is -2.25. The Labute approximate surface area is 196 Å². The zero-order valence-electron chi connectivity index (χ0n) is 16.1. The largest absolute Gasteiger partial charge is 0.417 e. The molecule has 0 radical (unpaired) electrons. The van der Waals surface area contributed by atoms with E-state index in [0.29, 0.717) is 16.1 Å². The minimum absolute atomic E-state index is 0.181. The van der Waals surface area contributed by atoms with Crippen molar-refractivity contribution in [1.82, 2.24) is 0 Å². The molecule has 0 bridgehead atoms. The summed E-state index contributed by atoms with van der Waals surface area (Å²) in [4.78, 5) is 12.5. The number of hydrogen-bond acceptors (Lipinski definition) is 3. The molecule has 0 aliphatic rings. The number of rotatable bonds is 6. The highest BCUT2D eigenvalue weighted by atomic mass is 79.9. The Morgan fingerprint density at radius 3 is 2.22 bits per heavy atom. The molecular weight excluding hydrogens is 533 g/mol. The van der Waals surface area contributed by atoms with Crippen LogP contribution in [0.2, 0.25) is 5.02 Å². The molecule has 0 spiro atoms. The first-order valence-corrected chi connectivity index (χ1v) is 11.6. The smallest absolute Gasteiger partial charge is 0.325 e. The molecule has 0 aliphatic heterocycles. The highest BCUT2D eigenvalue weighted by Gasteiger charge is 2.35. The van der Waals surface area contributed by atoms with Gasteiger partial charge in [-0.25, -0.2) is 8.42 Å². The highest BCUT2D eigenvalue weighted by molar-refractivity contribution is 9.10. The van der Waals surface area contributed by atoms with Gasteiger partial charge >= 0.3 is 6.18 Å². The predicted molar refractivity (Wildman–Crippen MR) is 120 cm³/mol. The fraction of sp³-hybridized carbons (Fsp3) is 0.0952. The van der Waals surface area contributed by atoms with E-state index in [0.717, 1.165) is 16.6 Å². The lowest BCUT2D eigenvalue weighted by Crippen LogP contribution is -2.38. The number of carbonyl (C=O) groups excluding carboxylic acids is 1. The van der Waals surface area contributed by atoms with Crippen LogP contribution in [0.25, 0.3) is 0 Å². The summed E-state index contributed by atoms with van der Waals surface area (Å²) in [7, 11) is -4.37. The van der Waals surface area contributed by atoms with Crippen LogP contribution in [0.1, 0.15) is 5.56 Å². The van der Waals surface area contributed by atoms with Gasteiger partial charge in [0.15, 0.2) is 0 Å². The third-order valence-electron chi connectivity index (χ3n) is 4.29. The van der Waals surface area contributed by atoms with Crippen LogP contribution >= 0.6 is 27.5 Å². The highest BCUT2D eigenvalue weighted by Crippen LogP contribution is 2.38. The van der Waals surface area contributed by atoms with Gasteiger partial charge in [-0.1, -0.05) is 45.7 Å². The van der Waals surface area contributed by atoms with Gasteiger partial charge in [-0.3, -0.25) is 9.10 Å². The number of alkyl halides is 3. The van der Waals surface area contributed by atoms with Gasteiger partial charge in [-0.15, -0.1) is 0 Å². The van der Waals surface area contributed by atoms with Gasteiger partial charge in [0.1, 0.15) is 6.54 Å². The molecule has 11 heteroatoms. The summed E-state index contributed by atoms with van der Waals surface area (Å²) in [6.45, 7) is -0.758. The number of nitrogens with one attached hydrogen (secondary N) is 1. The number of carbonyl (C=O) groups is 1. The average Bonchev–Trinajstić information content (AvgIpc) is 2.74. The van der Waals surface area contributed by atoms with Gasteiger partial charge < -0.3 is 5.32 Å². The summed E-state index contributed by atoms with van der Waals surface area (Å²) >= 11 is 8.93. The van der Waals surface area contributed by atoms with Gasteiger partial charge in [-0.05, 0) is 54.6 Å². The molecule has 3 rings (SSSR count). The summed E-state index contributed by atoms with van der Waals surface area (Å²) in [6.07, 6.45) is -4.81. The van der Waals surface area contributed by atoms with Crippen molar-refractivity contribution in [2.45, 2.75) is 11.1 Å². The summed E-state index contributed by atoms with van der Waals surface area (Å²) in [5, 5.41) is 1.95. The minimum Gasteiger partial charge on any atom is -0.325 e. The number of amides is 1. The number of sulfonamides is 1. The van der Waals surface area contributed by atoms with Crippen LogP contribution in [0, 0.1) is 0 Å². The van der Waals surface area contributed by atoms with Crippen molar-refractivity contribution in [2.75, 3.05) is 16.2 Å². The van der Waals surface area contributed by atoms with E-state index >= 15 is 0 Å². The van der Waals surface area contributed by atoms with Crippen molar-refractivity contribution >= 4 is 54.8 Å². The van der Waals surface area contributed by atoms with E-state index in [1.807, 2.05) is 0 Å². The molecule has 5 nitrogen and oxygen atoms in total.